The summed E-state index contributed by atoms with van der Waals surface area (Å²) in [4.78, 5) is 15.4. The summed E-state index contributed by atoms with van der Waals surface area (Å²) in [7, 11) is -1.59. The van der Waals surface area contributed by atoms with Gasteiger partial charge in [0.25, 0.3) is 0 Å². The minimum absolute atomic E-state index is 0.0529. The Morgan fingerprint density at radius 2 is 0.931 bits per heavy atom. The fourth-order valence-electron chi connectivity index (χ4n) is 8.40. The van der Waals surface area contributed by atoms with E-state index in [-0.39, 0.29) is 5.41 Å². The number of benzene rings is 7. The third-order valence-corrected chi connectivity index (χ3v) is 13.8. The monoisotopic (exact) mass is 765 g/mol. The van der Waals surface area contributed by atoms with Gasteiger partial charge in [-0.3, -0.25) is 0 Å². The minimum Gasteiger partial charge on any atom is -0.456 e. The third kappa shape index (κ3) is 6.38. The van der Waals surface area contributed by atoms with Crippen LogP contribution in [-0.4, -0.2) is 23.0 Å². The predicted molar refractivity (Wildman–Crippen MR) is 243 cm³/mol. The Bertz CT molecular complexity index is 2990. The number of rotatable bonds is 7. The van der Waals surface area contributed by atoms with Gasteiger partial charge in [-0.2, -0.15) is 0 Å². The van der Waals surface area contributed by atoms with Crippen molar-refractivity contribution >= 4 is 24.2 Å². The van der Waals surface area contributed by atoms with Gasteiger partial charge in [-0.05, 0) is 74.8 Å². The Morgan fingerprint density at radius 1 is 0.414 bits per heavy atom. The molecule has 0 spiro atoms. The summed E-state index contributed by atoms with van der Waals surface area (Å²) in [6.45, 7) is 11.8. The zero-order valence-electron chi connectivity index (χ0n) is 33.4. The molecule has 10 rings (SSSR count). The predicted octanol–water partition coefficient (Wildman–Crippen LogP) is 13.5. The first-order chi connectivity index (χ1) is 28.1. The third-order valence-electron chi connectivity index (χ3n) is 11.7. The molecule has 2 heterocycles. The van der Waals surface area contributed by atoms with Crippen LogP contribution in [0.1, 0.15) is 25.0 Å². The average molecular weight is 766 g/mol. The van der Waals surface area contributed by atoms with Crippen LogP contribution in [-0.2, 0) is 5.41 Å². The van der Waals surface area contributed by atoms with Crippen molar-refractivity contribution < 1.29 is 4.42 Å². The first kappa shape index (κ1) is 35.7. The molecule has 0 fully saturated rings. The Balaban J connectivity index is 1.03. The number of para-hydroxylation sites is 1. The second-order valence-corrected chi connectivity index (χ2v) is 22.0. The van der Waals surface area contributed by atoms with Crippen molar-refractivity contribution in [2.75, 3.05) is 0 Å². The quantitative estimate of drug-likeness (QED) is 0.152. The second-order valence-electron chi connectivity index (χ2n) is 17.0. The van der Waals surface area contributed by atoms with Crippen LogP contribution in [0.5, 0.6) is 0 Å². The number of hydrogen-bond donors (Lipinski definition) is 0. The molecule has 0 saturated carbocycles. The summed E-state index contributed by atoms with van der Waals surface area (Å²) >= 11 is 0. The fourth-order valence-corrected chi connectivity index (χ4v) is 9.58. The van der Waals surface area contributed by atoms with Crippen LogP contribution in [0.3, 0.4) is 0 Å². The van der Waals surface area contributed by atoms with Gasteiger partial charge in [0.15, 0.2) is 17.5 Å². The van der Waals surface area contributed by atoms with Gasteiger partial charge >= 0.3 is 0 Å². The van der Waals surface area contributed by atoms with Gasteiger partial charge in [0, 0.05) is 33.1 Å². The SMILES string of the molecule is CC1(C)c2ccccc2-c2ccc(-c3cccc(-c4cccc(-c5nc(-c6ccc(-c7cc8ccccc8o7)cc6)nc(-c6cccc([Si](C)(C)C)c6)n5)c4)c3)cc21. The molecule has 7 aromatic carbocycles. The van der Waals surface area contributed by atoms with Crippen LogP contribution in [0.2, 0.25) is 19.6 Å². The summed E-state index contributed by atoms with van der Waals surface area (Å²) < 4.78 is 6.17. The highest BCUT2D eigenvalue weighted by molar-refractivity contribution is 6.88. The van der Waals surface area contributed by atoms with Gasteiger partial charge in [0.2, 0.25) is 0 Å². The summed E-state index contributed by atoms with van der Waals surface area (Å²) in [6, 6.07) is 60.4. The molecule has 9 aromatic rings. The van der Waals surface area contributed by atoms with Gasteiger partial charge in [-0.15, -0.1) is 0 Å². The van der Waals surface area contributed by atoms with E-state index in [2.05, 4.69) is 185 Å². The maximum atomic E-state index is 6.17. The normalized spacial score (nSPS) is 13.1. The summed E-state index contributed by atoms with van der Waals surface area (Å²) in [5, 5.41) is 2.45. The lowest BCUT2D eigenvalue weighted by molar-refractivity contribution is 0.631. The van der Waals surface area contributed by atoms with E-state index in [0.29, 0.717) is 17.5 Å². The first-order valence-electron chi connectivity index (χ1n) is 20.0. The van der Waals surface area contributed by atoms with E-state index in [4.69, 9.17) is 19.4 Å². The van der Waals surface area contributed by atoms with Gasteiger partial charge in [0.1, 0.15) is 11.3 Å². The highest BCUT2D eigenvalue weighted by Gasteiger charge is 2.35. The molecule has 4 nitrogen and oxygen atoms in total. The molecule has 0 atom stereocenters. The maximum Gasteiger partial charge on any atom is 0.164 e. The molecule has 0 bridgehead atoms. The van der Waals surface area contributed by atoms with E-state index < -0.39 is 8.07 Å². The molecular formula is C53H43N3OSi. The first-order valence-corrected chi connectivity index (χ1v) is 23.5. The smallest absolute Gasteiger partial charge is 0.164 e. The molecule has 58 heavy (non-hydrogen) atoms. The largest absolute Gasteiger partial charge is 0.456 e. The van der Waals surface area contributed by atoms with Crippen LogP contribution in [0.4, 0.5) is 0 Å². The summed E-state index contributed by atoms with van der Waals surface area (Å²) in [5.74, 6) is 2.76. The number of nitrogens with zero attached hydrogens (tertiary/aromatic N) is 3. The lowest BCUT2D eigenvalue weighted by atomic mass is 9.81. The molecule has 0 aliphatic heterocycles. The van der Waals surface area contributed by atoms with Crippen molar-refractivity contribution in [2.24, 2.45) is 0 Å². The molecule has 5 heteroatoms. The van der Waals surface area contributed by atoms with Crippen molar-refractivity contribution in [3.63, 3.8) is 0 Å². The van der Waals surface area contributed by atoms with Gasteiger partial charge in [-0.1, -0.05) is 178 Å². The zero-order chi connectivity index (χ0) is 39.6. The van der Waals surface area contributed by atoms with Crippen molar-refractivity contribution in [1.29, 1.82) is 0 Å². The standard InChI is InChI=1S/C53H43N3OSi/c1-53(2)46-21-8-7-20-44(46)45-28-27-39(32-47(45)53)37-15-10-14-36(29-37)38-16-11-17-41(30-38)51-54-50(55-52(56-51)42-18-12-19-43(31-42)58(3,4)5)35-25-23-34(24-26-35)49-33-40-13-6-9-22-48(40)57-49/h6-33H,1-5H3. The number of fused-ring (bicyclic) bond motifs is 4. The number of hydrogen-bond acceptors (Lipinski definition) is 4. The summed E-state index contributed by atoms with van der Waals surface area (Å²) in [6.07, 6.45) is 0. The van der Waals surface area contributed by atoms with E-state index >= 15 is 0 Å². The van der Waals surface area contributed by atoms with E-state index in [0.717, 1.165) is 50.1 Å². The van der Waals surface area contributed by atoms with Crippen LogP contribution in [0.15, 0.2) is 174 Å². The van der Waals surface area contributed by atoms with Crippen LogP contribution >= 0.6 is 0 Å². The zero-order valence-corrected chi connectivity index (χ0v) is 34.4. The van der Waals surface area contributed by atoms with E-state index in [1.165, 1.54) is 38.6 Å². The van der Waals surface area contributed by atoms with E-state index in [1.807, 2.05) is 18.2 Å². The highest BCUT2D eigenvalue weighted by Crippen LogP contribution is 2.49. The average Bonchev–Trinajstić information content (AvgIpc) is 3.80. The molecule has 0 unspecified atom stereocenters. The van der Waals surface area contributed by atoms with Crippen LogP contribution in [0, 0.1) is 0 Å². The molecule has 1 aliphatic carbocycles. The number of furan rings is 1. The van der Waals surface area contributed by atoms with E-state index in [1.54, 1.807) is 0 Å². The number of aromatic nitrogens is 3. The molecule has 0 saturated heterocycles. The Morgan fingerprint density at radius 3 is 1.62 bits per heavy atom. The lowest BCUT2D eigenvalue weighted by Gasteiger charge is -2.22. The van der Waals surface area contributed by atoms with Crippen molar-refractivity contribution in [2.45, 2.75) is 38.9 Å². The second kappa shape index (κ2) is 13.8. The van der Waals surface area contributed by atoms with Gasteiger partial charge in [-0.25, -0.2) is 15.0 Å². The molecule has 2 aromatic heterocycles. The topological polar surface area (TPSA) is 51.8 Å². The van der Waals surface area contributed by atoms with E-state index in [9.17, 15) is 0 Å². The minimum atomic E-state index is -1.59. The molecule has 0 radical (unpaired) electrons. The van der Waals surface area contributed by atoms with Gasteiger partial charge < -0.3 is 4.42 Å². The summed E-state index contributed by atoms with van der Waals surface area (Å²) in [5.41, 5.74) is 14.8. The Hall–Kier alpha value is -6.69. The van der Waals surface area contributed by atoms with Crippen molar-refractivity contribution in [3.8, 4) is 78.9 Å². The van der Waals surface area contributed by atoms with Gasteiger partial charge in [0.05, 0.1) is 8.07 Å². The van der Waals surface area contributed by atoms with Crippen LogP contribution < -0.4 is 5.19 Å². The molecule has 280 valence electrons. The van der Waals surface area contributed by atoms with Crippen molar-refractivity contribution in [3.05, 3.63) is 181 Å². The molecular weight excluding hydrogens is 723 g/mol. The fraction of sp³-hybridized carbons (Fsp3) is 0.113. The van der Waals surface area contributed by atoms with Crippen LogP contribution in [0.25, 0.3) is 89.8 Å². The Labute approximate surface area is 341 Å². The molecule has 1 aliphatic rings. The molecule has 0 N–H and O–H groups in total. The van der Waals surface area contributed by atoms with Crippen molar-refractivity contribution in [1.82, 2.24) is 15.0 Å². The lowest BCUT2D eigenvalue weighted by Crippen LogP contribution is -2.37. The Kier molecular flexibility index (Phi) is 8.46. The maximum absolute atomic E-state index is 6.17. The molecule has 0 amide bonds. The highest BCUT2D eigenvalue weighted by atomic mass is 28.3.